The summed E-state index contributed by atoms with van der Waals surface area (Å²) in [7, 11) is -4.73. The smallest absolute Gasteiger partial charge is 0.404 e. The van der Waals surface area contributed by atoms with E-state index in [1.807, 2.05) is 11.8 Å². The molecule has 3 rings (SSSR count). The number of carbonyl (C=O) groups is 2. The molecular formula is C23H36FN4O6PS. The first-order valence-electron chi connectivity index (χ1n) is 12.3. The van der Waals surface area contributed by atoms with E-state index in [2.05, 4.69) is 25.8 Å². The predicted molar refractivity (Wildman–Crippen MR) is 136 cm³/mol. The Hall–Kier alpha value is -1.85. The molecular weight excluding hydrogens is 510 g/mol. The largest absolute Gasteiger partial charge is 0.524 e. The zero-order valence-electron chi connectivity index (χ0n) is 20.2. The zero-order chi connectivity index (χ0) is 26.0. The highest BCUT2D eigenvalue weighted by Gasteiger charge is 2.42. The van der Waals surface area contributed by atoms with Gasteiger partial charge in [-0.05, 0) is 49.9 Å². The van der Waals surface area contributed by atoms with Crippen molar-refractivity contribution in [2.45, 2.75) is 75.5 Å². The number of hydrogen-bond donors (Lipinski definition) is 6. The Bertz CT molecular complexity index is 936. The van der Waals surface area contributed by atoms with Crippen molar-refractivity contribution in [3.63, 3.8) is 0 Å². The molecule has 2 aliphatic rings. The van der Waals surface area contributed by atoms with Crippen molar-refractivity contribution in [2.24, 2.45) is 0 Å². The molecule has 3 atom stereocenters. The van der Waals surface area contributed by atoms with Gasteiger partial charge >= 0.3 is 13.9 Å². The minimum atomic E-state index is -4.73. The Morgan fingerprint density at radius 2 is 1.97 bits per heavy atom. The normalized spacial score (nSPS) is 21.1. The van der Waals surface area contributed by atoms with Crippen LogP contribution in [-0.2, 0) is 22.6 Å². The maximum absolute atomic E-state index is 13.2. The summed E-state index contributed by atoms with van der Waals surface area (Å²) in [5.74, 6) is 0.879. The van der Waals surface area contributed by atoms with E-state index >= 15 is 0 Å². The van der Waals surface area contributed by atoms with Gasteiger partial charge in [-0.2, -0.15) is 11.8 Å². The molecule has 0 aromatic heterocycles. The van der Waals surface area contributed by atoms with Crippen LogP contribution >= 0.6 is 19.6 Å². The van der Waals surface area contributed by atoms with Gasteiger partial charge in [-0.25, -0.2) is 13.8 Å². The Morgan fingerprint density at radius 3 is 2.75 bits per heavy atom. The third kappa shape index (κ3) is 9.55. The van der Waals surface area contributed by atoms with E-state index in [1.165, 1.54) is 12.1 Å². The van der Waals surface area contributed by atoms with Crippen LogP contribution in [0.15, 0.2) is 18.2 Å². The molecule has 0 bridgehead atoms. The molecule has 3 unspecified atom stereocenters. The highest BCUT2D eigenvalue weighted by molar-refractivity contribution is 8.00. The molecule has 0 saturated carbocycles. The number of phosphoric ester groups is 1. The minimum absolute atomic E-state index is 0.0685. The topological polar surface area (TPSA) is 149 Å². The summed E-state index contributed by atoms with van der Waals surface area (Å²) >= 11 is 1.89. The second-order valence-electron chi connectivity index (χ2n) is 9.11. The average molecular weight is 547 g/mol. The summed E-state index contributed by atoms with van der Waals surface area (Å²) in [4.78, 5) is 41.2. The van der Waals surface area contributed by atoms with Crippen LogP contribution in [0.4, 0.5) is 9.18 Å². The van der Waals surface area contributed by atoms with E-state index in [9.17, 15) is 18.5 Å². The Morgan fingerprint density at radius 1 is 1.17 bits per heavy atom. The molecule has 10 nitrogen and oxygen atoms in total. The lowest BCUT2D eigenvalue weighted by molar-refractivity contribution is -0.121. The number of fused-ring (bicyclic) bond motifs is 1. The van der Waals surface area contributed by atoms with E-state index in [4.69, 9.17) is 9.79 Å². The van der Waals surface area contributed by atoms with Gasteiger partial charge in [0.1, 0.15) is 12.4 Å². The van der Waals surface area contributed by atoms with Gasteiger partial charge in [0.15, 0.2) is 0 Å². The number of amides is 3. The summed E-state index contributed by atoms with van der Waals surface area (Å²) in [5, 5.41) is 12.6. The third-order valence-corrected chi connectivity index (χ3v) is 8.19. The van der Waals surface area contributed by atoms with Crippen molar-refractivity contribution in [2.75, 3.05) is 18.8 Å². The number of nitrogens with one attached hydrogen (secondary N) is 4. The maximum atomic E-state index is 13.2. The van der Waals surface area contributed by atoms with Gasteiger partial charge in [-0.15, -0.1) is 0 Å². The molecule has 2 heterocycles. The van der Waals surface area contributed by atoms with Gasteiger partial charge in [0.05, 0.1) is 12.1 Å². The minimum Gasteiger partial charge on any atom is -0.404 e. The molecule has 6 N–H and O–H groups in total. The first-order chi connectivity index (χ1) is 17.2. The van der Waals surface area contributed by atoms with Gasteiger partial charge < -0.3 is 25.8 Å². The molecule has 0 aliphatic carbocycles. The summed E-state index contributed by atoms with van der Waals surface area (Å²) < 4.78 is 28.6. The lowest BCUT2D eigenvalue weighted by Crippen LogP contribution is -2.36. The van der Waals surface area contributed by atoms with Crippen molar-refractivity contribution in [1.82, 2.24) is 21.3 Å². The number of rotatable bonds is 16. The molecule has 0 spiro atoms. The molecule has 1 aromatic carbocycles. The number of halogens is 1. The number of thioether (sulfide) groups is 1. The van der Waals surface area contributed by atoms with Gasteiger partial charge in [0, 0.05) is 36.1 Å². The standard InChI is InChI=1S/C23H36FN4O6PS/c24-13-17-12-16(8-9-19(17)34-35(31,32)33)14-25-10-4-1-5-11-26-21(29)7-3-2-6-20-22-18(15-36-20)27-23(30)28-22/h8-9,12,18,20,22,25H,1-7,10-11,13-15H2,(H,26,29)(H2,27,28,30)(H2,31,32,33). The van der Waals surface area contributed by atoms with Gasteiger partial charge in [-0.3, -0.25) is 14.6 Å². The Labute approximate surface area is 215 Å². The van der Waals surface area contributed by atoms with Crippen molar-refractivity contribution in [3.05, 3.63) is 29.3 Å². The second-order valence-corrected chi connectivity index (χ2v) is 11.5. The highest BCUT2D eigenvalue weighted by atomic mass is 32.2. The van der Waals surface area contributed by atoms with E-state index in [0.29, 0.717) is 24.8 Å². The van der Waals surface area contributed by atoms with Crippen LogP contribution in [0, 0.1) is 0 Å². The summed E-state index contributed by atoms with van der Waals surface area (Å²) in [6.07, 6.45) is 6.13. The zero-order valence-corrected chi connectivity index (χ0v) is 21.9. The van der Waals surface area contributed by atoms with E-state index in [-0.39, 0.29) is 35.3 Å². The van der Waals surface area contributed by atoms with Crippen LogP contribution in [0.5, 0.6) is 5.75 Å². The van der Waals surface area contributed by atoms with E-state index < -0.39 is 14.5 Å². The third-order valence-electron chi connectivity index (χ3n) is 6.25. The molecule has 36 heavy (non-hydrogen) atoms. The Kier molecular flexibility index (Phi) is 11.3. The van der Waals surface area contributed by atoms with Crippen molar-refractivity contribution >= 4 is 31.5 Å². The van der Waals surface area contributed by atoms with Crippen LogP contribution in [0.25, 0.3) is 0 Å². The lowest BCUT2D eigenvalue weighted by atomic mass is 10.0. The first-order valence-corrected chi connectivity index (χ1v) is 14.9. The van der Waals surface area contributed by atoms with E-state index in [1.54, 1.807) is 6.07 Å². The monoisotopic (exact) mass is 546 g/mol. The first kappa shape index (κ1) is 28.7. The molecule has 2 aliphatic heterocycles. The van der Waals surface area contributed by atoms with Gasteiger partial charge in [-0.1, -0.05) is 18.9 Å². The quantitative estimate of drug-likeness (QED) is 0.105. The fourth-order valence-corrected chi connectivity index (χ4v) is 6.42. The summed E-state index contributed by atoms with van der Waals surface area (Å²) in [6, 6.07) is 4.92. The molecule has 2 saturated heterocycles. The highest BCUT2D eigenvalue weighted by Crippen LogP contribution is 2.39. The number of alkyl halides is 1. The van der Waals surface area contributed by atoms with Crippen LogP contribution in [0.1, 0.15) is 56.1 Å². The molecule has 3 amide bonds. The number of urea groups is 1. The average Bonchev–Trinajstić information content (AvgIpc) is 3.37. The molecule has 13 heteroatoms. The molecule has 202 valence electrons. The maximum Gasteiger partial charge on any atom is 0.524 e. The van der Waals surface area contributed by atoms with Gasteiger partial charge in [0.2, 0.25) is 5.91 Å². The number of phosphoric acid groups is 1. The summed E-state index contributed by atoms with van der Waals surface area (Å²) in [5.41, 5.74) is 0.892. The summed E-state index contributed by atoms with van der Waals surface area (Å²) in [6.45, 7) is 1.03. The fourth-order valence-electron chi connectivity index (χ4n) is 4.44. The van der Waals surface area contributed by atoms with Crippen molar-refractivity contribution < 1.29 is 32.9 Å². The van der Waals surface area contributed by atoms with Crippen LogP contribution in [0.3, 0.4) is 0 Å². The van der Waals surface area contributed by atoms with Crippen LogP contribution in [-0.4, -0.2) is 57.9 Å². The fraction of sp³-hybridized carbons (Fsp3) is 0.652. The SMILES string of the molecule is O=C(CCCCC1SCC2NC(=O)NC21)NCCCCCNCc1ccc(OP(=O)(O)O)c(CF)c1. The van der Waals surface area contributed by atoms with Gasteiger partial charge in [0.25, 0.3) is 0 Å². The van der Waals surface area contributed by atoms with Crippen molar-refractivity contribution in [3.8, 4) is 5.75 Å². The lowest BCUT2D eigenvalue weighted by Gasteiger charge is -2.16. The number of unbranched alkanes of at least 4 members (excludes halogenated alkanes) is 3. The Balaban J connectivity index is 1.17. The van der Waals surface area contributed by atoms with Crippen LogP contribution < -0.4 is 25.8 Å². The van der Waals surface area contributed by atoms with Crippen LogP contribution in [0.2, 0.25) is 0 Å². The molecule has 0 radical (unpaired) electrons. The number of hydrogen-bond acceptors (Lipinski definition) is 6. The second kappa shape index (κ2) is 14.2. The van der Waals surface area contributed by atoms with Crippen molar-refractivity contribution in [1.29, 1.82) is 0 Å². The molecule has 2 fully saturated rings. The predicted octanol–water partition coefficient (Wildman–Crippen LogP) is 2.73. The number of carbonyl (C=O) groups excluding carboxylic acids is 2. The number of benzene rings is 1. The molecule has 1 aromatic rings. The van der Waals surface area contributed by atoms with E-state index in [0.717, 1.165) is 56.4 Å².